The molecule has 0 bridgehead atoms. The maximum absolute atomic E-state index is 12.4. The van der Waals surface area contributed by atoms with Gasteiger partial charge < -0.3 is 4.98 Å². The number of nitrogens with one attached hydrogen (secondary N) is 1. The van der Waals surface area contributed by atoms with Crippen molar-refractivity contribution in [1.29, 1.82) is 0 Å². The zero-order valence-electron chi connectivity index (χ0n) is 12.8. The molecule has 1 N–H and O–H groups in total. The molecule has 1 aliphatic heterocycles. The summed E-state index contributed by atoms with van der Waals surface area (Å²) in [6.45, 7) is 1.97. The molecule has 1 aromatic carbocycles. The highest BCUT2D eigenvalue weighted by atomic mass is 32.1. The predicted octanol–water partition coefficient (Wildman–Crippen LogP) is 2.34. The van der Waals surface area contributed by atoms with Gasteiger partial charge in [-0.15, -0.1) is 11.3 Å². The van der Waals surface area contributed by atoms with Crippen molar-refractivity contribution in [3.05, 3.63) is 62.5 Å². The molecule has 7 heteroatoms. The quantitative estimate of drug-likeness (QED) is 0.743. The van der Waals surface area contributed by atoms with Gasteiger partial charge in [-0.3, -0.25) is 19.3 Å². The van der Waals surface area contributed by atoms with E-state index in [1.807, 2.05) is 13.0 Å². The summed E-state index contributed by atoms with van der Waals surface area (Å²) < 4.78 is 0. The number of carbonyl (C=O) groups is 2. The van der Waals surface area contributed by atoms with Crippen LogP contribution in [0.2, 0.25) is 0 Å². The third-order valence-electron chi connectivity index (χ3n) is 4.04. The number of amides is 2. The summed E-state index contributed by atoms with van der Waals surface area (Å²) in [6, 6.07) is 8.52. The summed E-state index contributed by atoms with van der Waals surface area (Å²) in [5.74, 6) is -0.413. The van der Waals surface area contributed by atoms with Crippen LogP contribution in [0.3, 0.4) is 0 Å². The molecule has 2 amide bonds. The lowest BCUT2D eigenvalue weighted by atomic mass is 10.1. The Morgan fingerprint density at radius 2 is 1.79 bits per heavy atom. The standard InChI is InChI=1S/C17H13N3O3S/c1-2-9-7-12-14(21)18-13(19-15(12)24-9)8-20-16(22)10-5-3-4-6-11(10)17(20)23/h3-7H,2,8H2,1H3,(H,18,19,21). The first-order valence-electron chi connectivity index (χ1n) is 7.55. The van der Waals surface area contributed by atoms with Crippen molar-refractivity contribution in [1.82, 2.24) is 14.9 Å². The topological polar surface area (TPSA) is 83.1 Å². The zero-order chi connectivity index (χ0) is 16.8. The molecule has 1 aliphatic rings. The van der Waals surface area contributed by atoms with Crippen molar-refractivity contribution >= 4 is 33.4 Å². The molecule has 3 heterocycles. The minimum atomic E-state index is -0.362. The van der Waals surface area contributed by atoms with Crippen LogP contribution in [0.25, 0.3) is 10.2 Å². The SMILES string of the molecule is CCc1cc2c(=O)[nH]c(CN3C(=O)c4ccccc4C3=O)nc2s1. The Hall–Kier alpha value is -2.80. The number of carbonyl (C=O) groups excluding carboxylic acids is 2. The van der Waals surface area contributed by atoms with Gasteiger partial charge in [0.15, 0.2) is 0 Å². The number of aryl methyl sites for hydroxylation is 1. The highest BCUT2D eigenvalue weighted by molar-refractivity contribution is 7.18. The lowest BCUT2D eigenvalue weighted by molar-refractivity contribution is 0.0638. The normalized spacial score (nSPS) is 13.8. The molecule has 0 radical (unpaired) electrons. The van der Waals surface area contributed by atoms with Crippen LogP contribution in [0, 0.1) is 0 Å². The van der Waals surface area contributed by atoms with Gasteiger partial charge in [-0.2, -0.15) is 0 Å². The van der Waals surface area contributed by atoms with Gasteiger partial charge >= 0.3 is 0 Å². The van der Waals surface area contributed by atoms with Gasteiger partial charge in [0.2, 0.25) is 0 Å². The molecule has 0 unspecified atom stereocenters. The average Bonchev–Trinajstić information content (AvgIpc) is 3.11. The van der Waals surface area contributed by atoms with Crippen molar-refractivity contribution in [3.8, 4) is 0 Å². The number of imide groups is 1. The van der Waals surface area contributed by atoms with Gasteiger partial charge in [-0.25, -0.2) is 4.98 Å². The van der Waals surface area contributed by atoms with Crippen molar-refractivity contribution in [2.24, 2.45) is 0 Å². The zero-order valence-corrected chi connectivity index (χ0v) is 13.6. The molecule has 120 valence electrons. The lowest BCUT2D eigenvalue weighted by Gasteiger charge is -2.12. The highest BCUT2D eigenvalue weighted by Gasteiger charge is 2.35. The molecule has 6 nitrogen and oxygen atoms in total. The number of nitrogens with zero attached hydrogens (tertiary/aromatic N) is 2. The van der Waals surface area contributed by atoms with E-state index in [-0.39, 0.29) is 23.9 Å². The van der Waals surface area contributed by atoms with Crippen LogP contribution in [0.5, 0.6) is 0 Å². The monoisotopic (exact) mass is 339 g/mol. The minimum absolute atomic E-state index is 0.0448. The number of H-pyrrole nitrogens is 1. The number of benzene rings is 1. The van der Waals surface area contributed by atoms with Crippen LogP contribution in [0.15, 0.2) is 35.1 Å². The van der Waals surface area contributed by atoms with Crippen LogP contribution < -0.4 is 5.56 Å². The van der Waals surface area contributed by atoms with E-state index in [1.165, 1.54) is 11.3 Å². The molecule has 0 saturated heterocycles. The van der Waals surface area contributed by atoms with Gasteiger partial charge in [0.1, 0.15) is 10.7 Å². The summed E-state index contributed by atoms with van der Waals surface area (Å²) >= 11 is 1.45. The average molecular weight is 339 g/mol. The number of thiophene rings is 1. The summed E-state index contributed by atoms with van der Waals surface area (Å²) in [6.07, 6.45) is 0.828. The van der Waals surface area contributed by atoms with E-state index in [2.05, 4.69) is 9.97 Å². The van der Waals surface area contributed by atoms with E-state index in [0.29, 0.717) is 27.2 Å². The second-order valence-electron chi connectivity index (χ2n) is 5.54. The van der Waals surface area contributed by atoms with Crippen LogP contribution >= 0.6 is 11.3 Å². The van der Waals surface area contributed by atoms with E-state index in [1.54, 1.807) is 24.3 Å². The molecule has 0 spiro atoms. The molecule has 0 aliphatic carbocycles. The Balaban J connectivity index is 1.72. The maximum atomic E-state index is 12.4. The van der Waals surface area contributed by atoms with Crippen LogP contribution in [-0.2, 0) is 13.0 Å². The van der Waals surface area contributed by atoms with Crippen molar-refractivity contribution < 1.29 is 9.59 Å². The summed E-state index contributed by atoms with van der Waals surface area (Å²) in [5.41, 5.74) is 0.521. The van der Waals surface area contributed by atoms with Gasteiger partial charge in [0, 0.05) is 4.88 Å². The van der Waals surface area contributed by atoms with Crippen LogP contribution in [0.4, 0.5) is 0 Å². The highest BCUT2D eigenvalue weighted by Crippen LogP contribution is 2.25. The van der Waals surface area contributed by atoms with Gasteiger partial charge in [0.05, 0.1) is 23.1 Å². The molecule has 24 heavy (non-hydrogen) atoms. The second-order valence-corrected chi connectivity index (χ2v) is 6.65. The number of hydrogen-bond acceptors (Lipinski definition) is 5. The molecule has 3 aromatic rings. The number of rotatable bonds is 3. The molecular formula is C17H13N3O3S. The van der Waals surface area contributed by atoms with E-state index >= 15 is 0 Å². The predicted molar refractivity (Wildman–Crippen MR) is 90.3 cm³/mol. The Kier molecular flexibility index (Phi) is 3.31. The van der Waals surface area contributed by atoms with Gasteiger partial charge in [0.25, 0.3) is 17.4 Å². The minimum Gasteiger partial charge on any atom is -0.308 e. The van der Waals surface area contributed by atoms with E-state index in [4.69, 9.17) is 0 Å². The molecule has 2 aromatic heterocycles. The Bertz CT molecular complexity index is 1020. The fraction of sp³-hybridized carbons (Fsp3) is 0.176. The number of aromatic amines is 1. The molecular weight excluding hydrogens is 326 g/mol. The smallest absolute Gasteiger partial charge is 0.261 e. The summed E-state index contributed by atoms with van der Waals surface area (Å²) in [5, 5.41) is 0.544. The van der Waals surface area contributed by atoms with Gasteiger partial charge in [-0.05, 0) is 24.6 Å². The Morgan fingerprint density at radius 3 is 2.42 bits per heavy atom. The summed E-state index contributed by atoms with van der Waals surface area (Å²) in [4.78, 5) is 46.9. The van der Waals surface area contributed by atoms with E-state index in [0.717, 1.165) is 16.2 Å². The van der Waals surface area contributed by atoms with Gasteiger partial charge in [-0.1, -0.05) is 19.1 Å². The summed E-state index contributed by atoms with van der Waals surface area (Å²) in [7, 11) is 0. The second kappa shape index (κ2) is 5.38. The fourth-order valence-electron chi connectivity index (χ4n) is 2.81. The first-order valence-corrected chi connectivity index (χ1v) is 8.37. The third kappa shape index (κ3) is 2.16. The largest absolute Gasteiger partial charge is 0.308 e. The Morgan fingerprint density at radius 1 is 1.12 bits per heavy atom. The van der Waals surface area contributed by atoms with E-state index in [9.17, 15) is 14.4 Å². The molecule has 0 fully saturated rings. The number of aromatic nitrogens is 2. The fourth-order valence-corrected chi connectivity index (χ4v) is 3.79. The van der Waals surface area contributed by atoms with Crippen LogP contribution in [-0.4, -0.2) is 26.7 Å². The van der Waals surface area contributed by atoms with Crippen LogP contribution in [0.1, 0.15) is 38.3 Å². The number of hydrogen-bond donors (Lipinski definition) is 1. The first kappa shape index (κ1) is 14.8. The van der Waals surface area contributed by atoms with Crippen molar-refractivity contribution in [2.45, 2.75) is 19.9 Å². The number of fused-ring (bicyclic) bond motifs is 2. The lowest BCUT2D eigenvalue weighted by Crippen LogP contribution is -2.30. The molecule has 0 atom stereocenters. The van der Waals surface area contributed by atoms with Crippen molar-refractivity contribution in [3.63, 3.8) is 0 Å². The molecule has 4 rings (SSSR count). The Labute approximate surface area is 140 Å². The first-order chi connectivity index (χ1) is 11.6. The molecule has 0 saturated carbocycles. The van der Waals surface area contributed by atoms with E-state index < -0.39 is 0 Å². The van der Waals surface area contributed by atoms with Crippen molar-refractivity contribution in [2.75, 3.05) is 0 Å². The third-order valence-corrected chi connectivity index (χ3v) is 5.21. The maximum Gasteiger partial charge on any atom is 0.261 e.